The van der Waals surface area contributed by atoms with Crippen LogP contribution in [0.5, 0.6) is 5.75 Å². The van der Waals surface area contributed by atoms with Gasteiger partial charge in [0.1, 0.15) is 5.75 Å². The highest BCUT2D eigenvalue weighted by Gasteiger charge is 2.15. The molecular formula is C30H38O3Si. The first-order chi connectivity index (χ1) is 16.3. The predicted octanol–water partition coefficient (Wildman–Crippen LogP) is 8.56. The van der Waals surface area contributed by atoms with Crippen molar-refractivity contribution in [3.8, 4) is 28.0 Å². The lowest BCUT2D eigenvalue weighted by Gasteiger charge is -2.16. The van der Waals surface area contributed by atoms with E-state index >= 15 is 0 Å². The largest absolute Gasteiger partial charge is 0.494 e. The second kappa shape index (κ2) is 12.0. The number of rotatable bonds is 12. The lowest BCUT2D eigenvalue weighted by Crippen LogP contribution is -2.20. The van der Waals surface area contributed by atoms with E-state index in [0.717, 1.165) is 29.7 Å². The minimum atomic E-state index is -1.09. The van der Waals surface area contributed by atoms with Crippen LogP contribution in [0.3, 0.4) is 0 Å². The fourth-order valence-electron chi connectivity index (χ4n) is 4.12. The van der Waals surface area contributed by atoms with Crippen molar-refractivity contribution in [2.24, 2.45) is 0 Å². The van der Waals surface area contributed by atoms with E-state index in [1.54, 1.807) is 12.1 Å². The smallest absolute Gasteiger partial charge is 0.336 e. The first kappa shape index (κ1) is 25.8. The number of ether oxygens (including phenoxy) is 1. The molecule has 0 fully saturated rings. The van der Waals surface area contributed by atoms with Crippen LogP contribution >= 0.6 is 0 Å². The normalized spacial score (nSPS) is 11.4. The second-order valence-electron chi connectivity index (χ2n) is 10.3. The lowest BCUT2D eigenvalue weighted by molar-refractivity contribution is 0.0697. The number of aryl methyl sites for hydroxylation is 1. The van der Waals surface area contributed by atoms with Gasteiger partial charge in [0.15, 0.2) is 0 Å². The first-order valence-electron chi connectivity index (χ1n) is 12.5. The molecule has 180 valence electrons. The van der Waals surface area contributed by atoms with Gasteiger partial charge in [0, 0.05) is 8.07 Å². The summed E-state index contributed by atoms with van der Waals surface area (Å²) in [5.74, 6) is -0.207. The van der Waals surface area contributed by atoms with Gasteiger partial charge in [-0.25, -0.2) is 4.79 Å². The molecule has 0 amide bonds. The molecule has 4 heteroatoms. The van der Waals surface area contributed by atoms with Gasteiger partial charge in [-0.3, -0.25) is 0 Å². The Kier molecular flexibility index (Phi) is 9.11. The molecule has 0 atom stereocenters. The molecule has 0 heterocycles. The van der Waals surface area contributed by atoms with Crippen molar-refractivity contribution in [1.82, 2.24) is 0 Å². The van der Waals surface area contributed by atoms with Crippen molar-refractivity contribution in [2.75, 3.05) is 6.61 Å². The minimum Gasteiger partial charge on any atom is -0.494 e. The van der Waals surface area contributed by atoms with Crippen LogP contribution in [0.2, 0.25) is 25.7 Å². The molecule has 34 heavy (non-hydrogen) atoms. The summed E-state index contributed by atoms with van der Waals surface area (Å²) in [6.45, 7) is 9.96. The molecule has 0 aromatic heterocycles. The van der Waals surface area contributed by atoms with Gasteiger partial charge >= 0.3 is 5.97 Å². The average molecular weight is 475 g/mol. The van der Waals surface area contributed by atoms with Crippen molar-refractivity contribution in [2.45, 2.75) is 64.7 Å². The summed E-state index contributed by atoms with van der Waals surface area (Å²) in [6.07, 6.45) is 5.89. The Hall–Kier alpha value is -2.85. The van der Waals surface area contributed by atoms with E-state index < -0.39 is 14.0 Å². The zero-order chi connectivity index (χ0) is 24.6. The molecule has 3 aromatic carbocycles. The number of carboxylic acid groups (broad SMARTS) is 1. The number of hydrogen-bond donors (Lipinski definition) is 1. The molecule has 0 aliphatic carbocycles. The van der Waals surface area contributed by atoms with E-state index in [2.05, 4.69) is 63.0 Å². The van der Waals surface area contributed by atoms with Gasteiger partial charge in [0.05, 0.1) is 12.2 Å². The van der Waals surface area contributed by atoms with Crippen LogP contribution in [0.4, 0.5) is 0 Å². The Morgan fingerprint density at radius 3 is 2.03 bits per heavy atom. The SMILES string of the molecule is CCCCCc1ccc(-c2ccc(-c3cc(OCCC[Si](C)(C)C)ccc3C(=O)O)cc2)cc1. The summed E-state index contributed by atoms with van der Waals surface area (Å²) >= 11 is 0. The van der Waals surface area contributed by atoms with E-state index in [-0.39, 0.29) is 0 Å². The Balaban J connectivity index is 1.74. The van der Waals surface area contributed by atoms with Crippen molar-refractivity contribution in [3.05, 3.63) is 77.9 Å². The van der Waals surface area contributed by atoms with Crippen molar-refractivity contribution >= 4 is 14.0 Å². The standard InChI is InChI=1S/C30H38O3Si/c1-5-6-7-9-23-10-12-24(13-11-23)25-14-16-26(17-15-25)29-22-27(18-19-28(29)30(31)32)33-20-8-21-34(2,3)4/h10-19,22H,5-9,20-21H2,1-4H3,(H,31,32). The predicted molar refractivity (Wildman–Crippen MR) is 146 cm³/mol. The van der Waals surface area contributed by atoms with Crippen LogP contribution in [0.25, 0.3) is 22.3 Å². The van der Waals surface area contributed by atoms with Crippen molar-refractivity contribution in [1.29, 1.82) is 0 Å². The number of carbonyl (C=O) groups is 1. The fraction of sp³-hybridized carbons (Fsp3) is 0.367. The summed E-state index contributed by atoms with van der Waals surface area (Å²) in [4.78, 5) is 11.9. The molecule has 0 bridgehead atoms. The third-order valence-corrected chi connectivity index (χ3v) is 7.97. The number of hydrogen-bond acceptors (Lipinski definition) is 2. The zero-order valence-electron chi connectivity index (χ0n) is 21.1. The summed E-state index contributed by atoms with van der Waals surface area (Å²) in [7, 11) is -1.09. The van der Waals surface area contributed by atoms with E-state index in [4.69, 9.17) is 4.74 Å². The van der Waals surface area contributed by atoms with Crippen LogP contribution in [0.1, 0.15) is 48.5 Å². The van der Waals surface area contributed by atoms with E-state index in [9.17, 15) is 9.90 Å². The monoisotopic (exact) mass is 474 g/mol. The van der Waals surface area contributed by atoms with Gasteiger partial charge < -0.3 is 9.84 Å². The van der Waals surface area contributed by atoms with E-state index in [0.29, 0.717) is 17.7 Å². The number of unbranched alkanes of at least 4 members (excludes halogenated alkanes) is 2. The highest BCUT2D eigenvalue weighted by atomic mass is 28.3. The molecule has 0 spiro atoms. The average Bonchev–Trinajstić information content (AvgIpc) is 2.82. The number of aromatic carboxylic acids is 1. The highest BCUT2D eigenvalue weighted by Crippen LogP contribution is 2.31. The first-order valence-corrected chi connectivity index (χ1v) is 16.2. The lowest BCUT2D eigenvalue weighted by atomic mass is 9.96. The van der Waals surface area contributed by atoms with Crippen molar-refractivity contribution in [3.63, 3.8) is 0 Å². The Labute approximate surface area is 205 Å². The molecule has 3 aromatic rings. The van der Waals surface area contributed by atoms with Gasteiger partial charge in [0.25, 0.3) is 0 Å². The molecule has 3 rings (SSSR count). The minimum absolute atomic E-state index is 0.290. The van der Waals surface area contributed by atoms with Gasteiger partial charge in [0.2, 0.25) is 0 Å². The van der Waals surface area contributed by atoms with E-state index in [1.165, 1.54) is 36.4 Å². The highest BCUT2D eigenvalue weighted by molar-refractivity contribution is 6.76. The molecular weight excluding hydrogens is 436 g/mol. The van der Waals surface area contributed by atoms with Crippen LogP contribution < -0.4 is 4.74 Å². The number of carboxylic acids is 1. The van der Waals surface area contributed by atoms with Crippen LogP contribution in [-0.2, 0) is 6.42 Å². The Morgan fingerprint density at radius 2 is 1.44 bits per heavy atom. The molecule has 3 nitrogen and oxygen atoms in total. The van der Waals surface area contributed by atoms with Crippen LogP contribution in [-0.4, -0.2) is 25.8 Å². The molecule has 0 saturated heterocycles. The van der Waals surface area contributed by atoms with Gasteiger partial charge in [-0.15, -0.1) is 0 Å². The maximum atomic E-state index is 11.9. The molecule has 1 N–H and O–H groups in total. The van der Waals surface area contributed by atoms with Crippen LogP contribution in [0, 0.1) is 0 Å². The maximum absolute atomic E-state index is 11.9. The third-order valence-electron chi connectivity index (χ3n) is 6.11. The fourth-order valence-corrected chi connectivity index (χ4v) is 5.32. The van der Waals surface area contributed by atoms with Gasteiger partial charge in [-0.2, -0.15) is 0 Å². The summed E-state index contributed by atoms with van der Waals surface area (Å²) in [5.41, 5.74) is 5.53. The van der Waals surface area contributed by atoms with E-state index in [1.807, 2.05) is 18.2 Å². The van der Waals surface area contributed by atoms with Crippen molar-refractivity contribution < 1.29 is 14.6 Å². The van der Waals surface area contributed by atoms with Crippen LogP contribution in [0.15, 0.2) is 66.7 Å². The topological polar surface area (TPSA) is 46.5 Å². The summed E-state index contributed by atoms with van der Waals surface area (Å²) in [6, 6.07) is 23.4. The van der Waals surface area contributed by atoms with Gasteiger partial charge in [-0.1, -0.05) is 94.0 Å². The molecule has 0 aliphatic rings. The Bertz CT molecular complexity index is 1060. The molecule has 0 unspecified atom stereocenters. The summed E-state index contributed by atoms with van der Waals surface area (Å²) in [5, 5.41) is 9.72. The third kappa shape index (κ3) is 7.59. The zero-order valence-corrected chi connectivity index (χ0v) is 22.1. The molecule has 0 saturated carbocycles. The molecule has 0 aliphatic heterocycles. The molecule has 0 radical (unpaired) electrons. The van der Waals surface area contributed by atoms with Gasteiger partial charge in [-0.05, 0) is 65.3 Å². The maximum Gasteiger partial charge on any atom is 0.336 e. The Morgan fingerprint density at radius 1 is 0.824 bits per heavy atom. The second-order valence-corrected chi connectivity index (χ2v) is 15.9. The quantitative estimate of drug-likeness (QED) is 0.211. The number of benzene rings is 3. The summed E-state index contributed by atoms with van der Waals surface area (Å²) < 4.78 is 5.97.